The molecule has 1 amide bonds. The molecule has 0 saturated carbocycles. The lowest BCUT2D eigenvalue weighted by Gasteiger charge is -2.08. The first-order chi connectivity index (χ1) is 13.7. The number of benzene rings is 3. The summed E-state index contributed by atoms with van der Waals surface area (Å²) < 4.78 is 42.5. The van der Waals surface area contributed by atoms with Crippen molar-refractivity contribution >= 4 is 27.4 Å². The lowest BCUT2D eigenvalue weighted by atomic mass is 10.2. The Morgan fingerprint density at radius 2 is 1.66 bits per heavy atom. The molecule has 148 valence electrons. The highest BCUT2D eigenvalue weighted by atomic mass is 32.2. The van der Waals surface area contributed by atoms with Crippen LogP contribution < -0.4 is 9.50 Å². The molecule has 0 aliphatic carbocycles. The van der Waals surface area contributed by atoms with E-state index in [1.54, 1.807) is 0 Å². The second-order valence-corrected chi connectivity index (χ2v) is 7.32. The van der Waals surface area contributed by atoms with E-state index in [0.29, 0.717) is 5.69 Å². The molecular weight excluding hydrogens is 403 g/mol. The second kappa shape index (κ2) is 8.07. The largest absolute Gasteiger partial charge is 0.379 e. The van der Waals surface area contributed by atoms with E-state index in [1.165, 1.54) is 60.7 Å². The zero-order valence-corrected chi connectivity index (χ0v) is 15.4. The highest BCUT2D eigenvalue weighted by Gasteiger charge is 2.20. The molecule has 0 aliphatic rings. The number of nitrogens with zero attached hydrogens (tertiary/aromatic N) is 1. The number of carbonyl (C=O) groups excluding carboxylic acids is 1. The number of carbonyl (C=O) groups is 1. The minimum atomic E-state index is -4.30. The van der Waals surface area contributed by atoms with Crippen LogP contribution in [0, 0.1) is 15.9 Å². The maximum Gasteiger partial charge on any atom is 0.339 e. The average Bonchev–Trinajstić information content (AvgIpc) is 2.70. The van der Waals surface area contributed by atoms with E-state index < -0.39 is 26.8 Å². The predicted molar refractivity (Wildman–Crippen MR) is 102 cm³/mol. The van der Waals surface area contributed by atoms with Gasteiger partial charge >= 0.3 is 10.1 Å². The number of non-ortho nitro benzene ring substituents is 1. The summed E-state index contributed by atoms with van der Waals surface area (Å²) in [5, 5.41) is 13.4. The van der Waals surface area contributed by atoms with Gasteiger partial charge in [0, 0.05) is 23.4 Å². The molecule has 8 nitrogen and oxygen atoms in total. The summed E-state index contributed by atoms with van der Waals surface area (Å²) in [5.74, 6) is -0.992. The first-order valence-electron chi connectivity index (χ1n) is 8.10. The van der Waals surface area contributed by atoms with Crippen LogP contribution in [0.15, 0.2) is 77.7 Å². The molecule has 3 aromatic rings. The van der Waals surface area contributed by atoms with E-state index in [2.05, 4.69) is 5.32 Å². The Balaban J connectivity index is 1.72. The molecule has 3 aromatic carbocycles. The van der Waals surface area contributed by atoms with Crippen LogP contribution in [-0.4, -0.2) is 19.2 Å². The van der Waals surface area contributed by atoms with E-state index >= 15 is 0 Å². The van der Waals surface area contributed by atoms with Crippen LogP contribution in [-0.2, 0) is 10.1 Å². The van der Waals surface area contributed by atoms with Crippen molar-refractivity contribution in [3.05, 3.63) is 94.3 Å². The second-order valence-electron chi connectivity index (χ2n) is 5.78. The Labute approximate surface area is 164 Å². The zero-order valence-electron chi connectivity index (χ0n) is 14.6. The molecule has 0 unspecified atom stereocenters. The van der Waals surface area contributed by atoms with Crippen molar-refractivity contribution in [2.75, 3.05) is 5.32 Å². The number of halogens is 1. The van der Waals surface area contributed by atoms with Gasteiger partial charge in [-0.05, 0) is 54.6 Å². The molecule has 3 rings (SSSR count). The highest BCUT2D eigenvalue weighted by Crippen LogP contribution is 2.22. The van der Waals surface area contributed by atoms with Crippen LogP contribution in [0.1, 0.15) is 10.4 Å². The maximum atomic E-state index is 12.9. The summed E-state index contributed by atoms with van der Waals surface area (Å²) in [6.07, 6.45) is 0. The van der Waals surface area contributed by atoms with Crippen molar-refractivity contribution in [1.82, 2.24) is 0 Å². The number of nitro groups is 1. The molecule has 29 heavy (non-hydrogen) atoms. The van der Waals surface area contributed by atoms with Crippen LogP contribution in [0.3, 0.4) is 0 Å². The van der Waals surface area contributed by atoms with E-state index in [1.807, 2.05) is 0 Å². The van der Waals surface area contributed by atoms with E-state index in [4.69, 9.17) is 4.18 Å². The quantitative estimate of drug-likeness (QED) is 0.372. The van der Waals surface area contributed by atoms with Crippen molar-refractivity contribution in [3.8, 4) is 5.75 Å². The van der Waals surface area contributed by atoms with Gasteiger partial charge in [-0.3, -0.25) is 14.9 Å². The Bertz CT molecular complexity index is 1160. The fourth-order valence-corrected chi connectivity index (χ4v) is 3.30. The topological polar surface area (TPSA) is 116 Å². The number of hydrogen-bond donors (Lipinski definition) is 1. The molecule has 10 heteroatoms. The van der Waals surface area contributed by atoms with Gasteiger partial charge in [-0.15, -0.1) is 0 Å². The number of rotatable bonds is 6. The Kier molecular flexibility index (Phi) is 5.55. The molecule has 1 N–H and O–H groups in total. The molecule has 0 saturated heterocycles. The third-order valence-electron chi connectivity index (χ3n) is 3.74. The van der Waals surface area contributed by atoms with Gasteiger partial charge in [0.25, 0.3) is 11.6 Å². The summed E-state index contributed by atoms with van der Waals surface area (Å²) in [7, 11) is -4.30. The van der Waals surface area contributed by atoms with E-state index in [-0.39, 0.29) is 21.9 Å². The minimum absolute atomic E-state index is 0.0742. The maximum absolute atomic E-state index is 12.9. The van der Waals surface area contributed by atoms with Crippen LogP contribution >= 0.6 is 0 Å². The van der Waals surface area contributed by atoms with Crippen molar-refractivity contribution in [2.45, 2.75) is 4.90 Å². The lowest BCUT2D eigenvalue weighted by Crippen LogP contribution is -2.12. The zero-order chi connectivity index (χ0) is 21.0. The molecular formula is C19H13FN2O6S. The highest BCUT2D eigenvalue weighted by molar-refractivity contribution is 7.87. The number of amides is 1. The third-order valence-corrected chi connectivity index (χ3v) is 4.98. The van der Waals surface area contributed by atoms with Gasteiger partial charge in [0.2, 0.25) is 0 Å². The van der Waals surface area contributed by atoms with E-state index in [9.17, 15) is 27.7 Å². The van der Waals surface area contributed by atoms with Gasteiger partial charge in [0.15, 0.2) is 0 Å². The standard InChI is InChI=1S/C19H13FN2O6S/c20-14-6-8-15(9-7-14)21-19(23)13-4-10-17(11-5-13)28-29(26,27)18-3-1-2-16(12-18)22(24)25/h1-12H,(H,21,23). The predicted octanol–water partition coefficient (Wildman–Crippen LogP) is 3.75. The summed E-state index contributed by atoms with van der Waals surface area (Å²) in [5.41, 5.74) is 0.224. The smallest absolute Gasteiger partial charge is 0.339 e. The summed E-state index contributed by atoms with van der Waals surface area (Å²) in [6, 6.07) is 14.9. The van der Waals surface area contributed by atoms with Gasteiger partial charge in [-0.2, -0.15) is 8.42 Å². The Morgan fingerprint density at radius 1 is 1.00 bits per heavy atom. The van der Waals surface area contributed by atoms with Gasteiger partial charge < -0.3 is 9.50 Å². The molecule has 0 atom stereocenters. The lowest BCUT2D eigenvalue weighted by molar-refractivity contribution is -0.385. The van der Waals surface area contributed by atoms with Gasteiger partial charge in [0.1, 0.15) is 16.5 Å². The summed E-state index contributed by atoms with van der Waals surface area (Å²) >= 11 is 0. The van der Waals surface area contributed by atoms with Crippen LogP contribution in [0.2, 0.25) is 0 Å². The van der Waals surface area contributed by atoms with Crippen LogP contribution in [0.25, 0.3) is 0 Å². The first-order valence-corrected chi connectivity index (χ1v) is 9.51. The number of nitro benzene ring substituents is 1. The summed E-state index contributed by atoms with van der Waals surface area (Å²) in [4.78, 5) is 21.9. The van der Waals surface area contributed by atoms with E-state index in [0.717, 1.165) is 12.1 Å². The monoisotopic (exact) mass is 416 g/mol. The van der Waals surface area contributed by atoms with Crippen LogP contribution in [0.4, 0.5) is 15.8 Å². The van der Waals surface area contributed by atoms with Gasteiger partial charge in [-0.1, -0.05) is 6.07 Å². The minimum Gasteiger partial charge on any atom is -0.379 e. The average molecular weight is 416 g/mol. The molecule has 0 bridgehead atoms. The summed E-state index contributed by atoms with van der Waals surface area (Å²) in [6.45, 7) is 0. The molecule has 0 spiro atoms. The van der Waals surface area contributed by atoms with Crippen molar-refractivity contribution in [1.29, 1.82) is 0 Å². The normalized spacial score (nSPS) is 10.9. The molecule has 0 radical (unpaired) electrons. The molecule has 0 fully saturated rings. The fraction of sp³-hybridized carbons (Fsp3) is 0. The Morgan fingerprint density at radius 3 is 2.28 bits per heavy atom. The Hall–Kier alpha value is -3.79. The SMILES string of the molecule is O=C(Nc1ccc(F)cc1)c1ccc(OS(=O)(=O)c2cccc([N+](=O)[O-])c2)cc1. The van der Waals surface area contributed by atoms with Crippen molar-refractivity contribution in [2.24, 2.45) is 0 Å². The molecule has 0 aliphatic heterocycles. The van der Waals surface area contributed by atoms with Crippen molar-refractivity contribution < 1.29 is 26.7 Å². The van der Waals surface area contributed by atoms with Gasteiger partial charge in [-0.25, -0.2) is 4.39 Å². The molecule has 0 heterocycles. The molecule has 0 aromatic heterocycles. The third kappa shape index (κ3) is 4.93. The van der Waals surface area contributed by atoms with Crippen LogP contribution in [0.5, 0.6) is 5.75 Å². The van der Waals surface area contributed by atoms with Gasteiger partial charge in [0.05, 0.1) is 4.92 Å². The first kappa shape index (κ1) is 20.0. The fourth-order valence-electron chi connectivity index (χ4n) is 2.33. The number of anilines is 1. The number of nitrogens with one attached hydrogen (secondary N) is 1. The van der Waals surface area contributed by atoms with Crippen molar-refractivity contribution in [3.63, 3.8) is 0 Å². The number of hydrogen-bond acceptors (Lipinski definition) is 6.